The molecule has 1 aromatic heterocycles. The van der Waals surface area contributed by atoms with Crippen molar-refractivity contribution in [1.82, 2.24) is 20.5 Å². The van der Waals surface area contributed by atoms with Gasteiger partial charge in [0.15, 0.2) is 0 Å². The van der Waals surface area contributed by atoms with Gasteiger partial charge >= 0.3 is 0 Å². The van der Waals surface area contributed by atoms with Crippen molar-refractivity contribution in [2.45, 2.75) is 12.8 Å². The SMILES string of the molecule is O=C(CCl)NCCCc1ncn[nH]1. The molecule has 1 heterocycles. The second kappa shape index (κ2) is 5.53. The molecule has 72 valence electrons. The van der Waals surface area contributed by atoms with Gasteiger partial charge in [-0.2, -0.15) is 5.10 Å². The molecule has 0 fully saturated rings. The van der Waals surface area contributed by atoms with Gasteiger partial charge in [-0.3, -0.25) is 9.89 Å². The highest BCUT2D eigenvalue weighted by atomic mass is 35.5. The van der Waals surface area contributed by atoms with Crippen LogP contribution in [-0.2, 0) is 11.2 Å². The van der Waals surface area contributed by atoms with E-state index < -0.39 is 0 Å². The standard InChI is InChI=1S/C7H11ClN4O/c8-4-7(13)9-3-1-2-6-10-5-11-12-6/h5H,1-4H2,(H,9,13)(H,10,11,12). The molecule has 0 saturated carbocycles. The van der Waals surface area contributed by atoms with Gasteiger partial charge in [0.25, 0.3) is 0 Å². The van der Waals surface area contributed by atoms with E-state index in [1.807, 2.05) is 0 Å². The molecule has 0 spiro atoms. The minimum atomic E-state index is -0.140. The largest absolute Gasteiger partial charge is 0.355 e. The lowest BCUT2D eigenvalue weighted by molar-refractivity contribution is -0.118. The quantitative estimate of drug-likeness (QED) is 0.525. The van der Waals surface area contributed by atoms with E-state index in [-0.39, 0.29) is 11.8 Å². The number of H-pyrrole nitrogens is 1. The first-order valence-electron chi connectivity index (χ1n) is 4.00. The molecule has 0 saturated heterocycles. The highest BCUT2D eigenvalue weighted by molar-refractivity contribution is 6.27. The third kappa shape index (κ3) is 3.89. The minimum Gasteiger partial charge on any atom is -0.355 e. The van der Waals surface area contributed by atoms with E-state index in [4.69, 9.17) is 11.6 Å². The van der Waals surface area contributed by atoms with Crippen molar-refractivity contribution in [1.29, 1.82) is 0 Å². The molecule has 0 aliphatic carbocycles. The fourth-order valence-electron chi connectivity index (χ4n) is 0.882. The zero-order chi connectivity index (χ0) is 9.52. The fraction of sp³-hybridized carbons (Fsp3) is 0.571. The van der Waals surface area contributed by atoms with Gasteiger partial charge < -0.3 is 5.32 Å². The highest BCUT2D eigenvalue weighted by Gasteiger charge is 1.98. The van der Waals surface area contributed by atoms with Crippen LogP contribution in [0.3, 0.4) is 0 Å². The highest BCUT2D eigenvalue weighted by Crippen LogP contribution is 1.91. The number of carbonyl (C=O) groups is 1. The molecule has 5 nitrogen and oxygen atoms in total. The van der Waals surface area contributed by atoms with Gasteiger partial charge in [-0.1, -0.05) is 0 Å². The van der Waals surface area contributed by atoms with Gasteiger partial charge in [0.05, 0.1) is 0 Å². The number of nitrogens with one attached hydrogen (secondary N) is 2. The molecule has 0 aliphatic heterocycles. The third-order valence-corrected chi connectivity index (χ3v) is 1.74. The minimum absolute atomic E-state index is 0.0162. The van der Waals surface area contributed by atoms with E-state index in [1.165, 1.54) is 6.33 Å². The van der Waals surface area contributed by atoms with Crippen LogP contribution < -0.4 is 5.32 Å². The number of hydrogen-bond donors (Lipinski definition) is 2. The normalized spacial score (nSPS) is 9.92. The lowest BCUT2D eigenvalue weighted by Gasteiger charge is -2.00. The van der Waals surface area contributed by atoms with Crippen molar-refractivity contribution in [3.63, 3.8) is 0 Å². The molecule has 0 radical (unpaired) electrons. The van der Waals surface area contributed by atoms with E-state index in [0.717, 1.165) is 18.7 Å². The Kier molecular flexibility index (Phi) is 4.25. The third-order valence-electron chi connectivity index (χ3n) is 1.50. The van der Waals surface area contributed by atoms with Crippen molar-refractivity contribution in [2.75, 3.05) is 12.4 Å². The number of rotatable bonds is 5. The van der Waals surface area contributed by atoms with Crippen molar-refractivity contribution in [3.8, 4) is 0 Å². The molecule has 0 atom stereocenters. The van der Waals surface area contributed by atoms with Gasteiger partial charge in [-0.05, 0) is 6.42 Å². The summed E-state index contributed by atoms with van der Waals surface area (Å²) < 4.78 is 0. The van der Waals surface area contributed by atoms with E-state index in [9.17, 15) is 4.79 Å². The first kappa shape index (κ1) is 9.98. The Bertz CT molecular complexity index is 249. The number of halogens is 1. The first-order valence-corrected chi connectivity index (χ1v) is 4.53. The molecular formula is C7H11ClN4O. The summed E-state index contributed by atoms with van der Waals surface area (Å²) in [5.41, 5.74) is 0. The average molecular weight is 203 g/mol. The van der Waals surface area contributed by atoms with Crippen LogP contribution in [0.5, 0.6) is 0 Å². The number of alkyl halides is 1. The summed E-state index contributed by atoms with van der Waals surface area (Å²) in [7, 11) is 0. The molecule has 0 unspecified atom stereocenters. The summed E-state index contributed by atoms with van der Waals surface area (Å²) in [4.78, 5) is 14.6. The Morgan fingerprint density at radius 2 is 2.54 bits per heavy atom. The van der Waals surface area contributed by atoms with Gasteiger partial charge in [0.2, 0.25) is 5.91 Å². The zero-order valence-electron chi connectivity index (χ0n) is 7.09. The summed E-state index contributed by atoms with van der Waals surface area (Å²) in [6, 6.07) is 0. The van der Waals surface area contributed by atoms with Crippen molar-refractivity contribution in [2.24, 2.45) is 0 Å². The Morgan fingerprint density at radius 1 is 1.69 bits per heavy atom. The lowest BCUT2D eigenvalue weighted by Crippen LogP contribution is -2.25. The van der Waals surface area contributed by atoms with E-state index >= 15 is 0 Å². The van der Waals surface area contributed by atoms with E-state index in [2.05, 4.69) is 20.5 Å². The van der Waals surface area contributed by atoms with Crippen LogP contribution in [0, 0.1) is 0 Å². The number of nitrogens with zero attached hydrogens (tertiary/aromatic N) is 2. The molecule has 13 heavy (non-hydrogen) atoms. The second-order valence-electron chi connectivity index (χ2n) is 2.52. The van der Waals surface area contributed by atoms with Crippen LogP contribution in [-0.4, -0.2) is 33.5 Å². The topological polar surface area (TPSA) is 70.7 Å². The van der Waals surface area contributed by atoms with Crippen molar-refractivity contribution < 1.29 is 4.79 Å². The molecule has 1 rings (SSSR count). The van der Waals surface area contributed by atoms with E-state index in [0.29, 0.717) is 6.54 Å². The molecule has 0 aromatic carbocycles. The Balaban J connectivity index is 2.05. The summed E-state index contributed by atoms with van der Waals surface area (Å²) in [5.74, 6) is 0.710. The zero-order valence-corrected chi connectivity index (χ0v) is 7.84. The van der Waals surface area contributed by atoms with Gasteiger partial charge in [-0.25, -0.2) is 4.98 Å². The van der Waals surface area contributed by atoms with Crippen LogP contribution in [0.15, 0.2) is 6.33 Å². The number of aromatic nitrogens is 3. The summed E-state index contributed by atoms with van der Waals surface area (Å²) in [6.45, 7) is 0.617. The first-order chi connectivity index (χ1) is 6.33. The van der Waals surface area contributed by atoms with Crippen LogP contribution in [0.1, 0.15) is 12.2 Å². The van der Waals surface area contributed by atoms with Crippen LogP contribution in [0.2, 0.25) is 0 Å². The summed E-state index contributed by atoms with van der Waals surface area (Å²) >= 11 is 5.29. The lowest BCUT2D eigenvalue weighted by atomic mass is 10.3. The van der Waals surface area contributed by atoms with E-state index in [1.54, 1.807) is 0 Å². The number of aryl methyl sites for hydroxylation is 1. The number of hydrogen-bond acceptors (Lipinski definition) is 3. The smallest absolute Gasteiger partial charge is 0.234 e. The number of carbonyl (C=O) groups excluding carboxylic acids is 1. The molecular weight excluding hydrogens is 192 g/mol. The molecule has 6 heteroatoms. The Labute approximate surface area is 80.9 Å². The maximum atomic E-state index is 10.7. The monoisotopic (exact) mass is 202 g/mol. The summed E-state index contributed by atoms with van der Waals surface area (Å²) in [6.07, 6.45) is 3.08. The van der Waals surface area contributed by atoms with Crippen LogP contribution in [0.4, 0.5) is 0 Å². The second-order valence-corrected chi connectivity index (χ2v) is 2.79. The van der Waals surface area contributed by atoms with Gasteiger partial charge in [-0.15, -0.1) is 11.6 Å². The average Bonchev–Trinajstić information content (AvgIpc) is 2.64. The predicted octanol–water partition coefficient (Wildman–Crippen LogP) is 0.0923. The Hall–Kier alpha value is -1.10. The number of amides is 1. The molecule has 1 amide bonds. The molecule has 2 N–H and O–H groups in total. The molecule has 1 aromatic rings. The maximum Gasteiger partial charge on any atom is 0.234 e. The maximum absolute atomic E-state index is 10.7. The van der Waals surface area contributed by atoms with Crippen molar-refractivity contribution >= 4 is 17.5 Å². The fourth-order valence-corrected chi connectivity index (χ4v) is 0.977. The predicted molar refractivity (Wildman–Crippen MR) is 48.4 cm³/mol. The summed E-state index contributed by atoms with van der Waals surface area (Å²) in [5, 5.41) is 9.11. The Morgan fingerprint density at radius 3 is 3.15 bits per heavy atom. The van der Waals surface area contributed by atoms with Crippen LogP contribution in [0.25, 0.3) is 0 Å². The van der Waals surface area contributed by atoms with Crippen LogP contribution >= 0.6 is 11.6 Å². The van der Waals surface area contributed by atoms with Crippen molar-refractivity contribution in [3.05, 3.63) is 12.2 Å². The molecule has 0 aliphatic rings. The number of aromatic amines is 1. The van der Waals surface area contributed by atoms with Gasteiger partial charge in [0, 0.05) is 13.0 Å². The molecule has 0 bridgehead atoms. The van der Waals surface area contributed by atoms with Gasteiger partial charge in [0.1, 0.15) is 18.0 Å².